The standard InChI is InChI=1S/C20H25ClN2O/c1-12(2)19-18(24-4)8-13(3)16-11-23(17(10-22)20(16)19)15-7-5-6-14(21)9-15/h5-9,12,17H,10-11,22H2,1-4H3. The molecule has 0 bridgehead atoms. The summed E-state index contributed by atoms with van der Waals surface area (Å²) in [6, 6.07) is 10.3. The van der Waals surface area contributed by atoms with Crippen LogP contribution in [-0.4, -0.2) is 13.7 Å². The number of fused-ring (bicyclic) bond motifs is 1. The summed E-state index contributed by atoms with van der Waals surface area (Å²) in [7, 11) is 1.74. The number of halogens is 1. The van der Waals surface area contributed by atoms with E-state index in [1.807, 2.05) is 18.2 Å². The van der Waals surface area contributed by atoms with Gasteiger partial charge in [-0.25, -0.2) is 0 Å². The van der Waals surface area contributed by atoms with Gasteiger partial charge in [-0.1, -0.05) is 31.5 Å². The average Bonchev–Trinajstić information content (AvgIpc) is 2.94. The average molecular weight is 345 g/mol. The van der Waals surface area contributed by atoms with Crippen LogP contribution in [0.5, 0.6) is 5.75 Å². The fourth-order valence-electron chi connectivity index (χ4n) is 3.83. The predicted molar refractivity (Wildman–Crippen MR) is 101 cm³/mol. The molecule has 2 N–H and O–H groups in total. The molecule has 1 unspecified atom stereocenters. The van der Waals surface area contributed by atoms with Gasteiger partial charge in [0.05, 0.1) is 13.2 Å². The number of hydrogen-bond acceptors (Lipinski definition) is 3. The lowest BCUT2D eigenvalue weighted by Gasteiger charge is -2.28. The fourth-order valence-corrected chi connectivity index (χ4v) is 4.02. The van der Waals surface area contributed by atoms with E-state index in [1.54, 1.807) is 7.11 Å². The van der Waals surface area contributed by atoms with Crippen LogP contribution >= 0.6 is 11.6 Å². The molecule has 2 aromatic carbocycles. The number of nitrogens with zero attached hydrogens (tertiary/aromatic N) is 1. The molecule has 1 aliphatic heterocycles. The lowest BCUT2D eigenvalue weighted by atomic mass is 9.88. The first kappa shape index (κ1) is 17.1. The van der Waals surface area contributed by atoms with E-state index in [2.05, 4.69) is 37.8 Å². The highest BCUT2D eigenvalue weighted by molar-refractivity contribution is 6.30. The minimum Gasteiger partial charge on any atom is -0.496 e. The van der Waals surface area contributed by atoms with Crippen molar-refractivity contribution in [1.29, 1.82) is 0 Å². The van der Waals surface area contributed by atoms with Crippen LogP contribution < -0.4 is 15.4 Å². The molecule has 0 fully saturated rings. The second-order valence-corrected chi connectivity index (χ2v) is 7.15. The molecular weight excluding hydrogens is 320 g/mol. The first-order chi connectivity index (χ1) is 11.5. The summed E-state index contributed by atoms with van der Waals surface area (Å²) in [4.78, 5) is 2.36. The minimum absolute atomic E-state index is 0.143. The molecule has 0 spiro atoms. The van der Waals surface area contributed by atoms with Gasteiger partial charge < -0.3 is 15.4 Å². The van der Waals surface area contributed by atoms with Crippen molar-refractivity contribution in [2.24, 2.45) is 5.73 Å². The van der Waals surface area contributed by atoms with Crippen molar-refractivity contribution in [1.82, 2.24) is 0 Å². The number of benzene rings is 2. The first-order valence-corrected chi connectivity index (χ1v) is 8.78. The van der Waals surface area contributed by atoms with E-state index in [1.165, 1.54) is 22.3 Å². The Kier molecular flexibility index (Phi) is 4.75. The summed E-state index contributed by atoms with van der Waals surface area (Å²) in [6.45, 7) is 7.99. The zero-order chi connectivity index (χ0) is 17.4. The normalized spacial score (nSPS) is 16.6. The van der Waals surface area contributed by atoms with Crippen LogP contribution in [0.2, 0.25) is 5.02 Å². The molecule has 0 radical (unpaired) electrons. The summed E-state index contributed by atoms with van der Waals surface area (Å²) in [5.74, 6) is 1.34. The molecule has 0 amide bonds. The van der Waals surface area contributed by atoms with Crippen molar-refractivity contribution < 1.29 is 4.74 Å². The first-order valence-electron chi connectivity index (χ1n) is 8.40. The Morgan fingerprint density at radius 1 is 1.33 bits per heavy atom. The highest BCUT2D eigenvalue weighted by Crippen LogP contribution is 2.46. The third-order valence-electron chi connectivity index (χ3n) is 4.90. The molecule has 128 valence electrons. The third-order valence-corrected chi connectivity index (χ3v) is 5.14. The second kappa shape index (κ2) is 6.66. The number of nitrogens with two attached hydrogens (primary N) is 1. The Bertz CT molecular complexity index is 758. The molecule has 3 rings (SSSR count). The van der Waals surface area contributed by atoms with Crippen molar-refractivity contribution in [3.63, 3.8) is 0 Å². The van der Waals surface area contributed by atoms with Gasteiger partial charge in [0.25, 0.3) is 0 Å². The van der Waals surface area contributed by atoms with E-state index in [0.717, 1.165) is 23.0 Å². The number of hydrogen-bond donors (Lipinski definition) is 1. The zero-order valence-corrected chi connectivity index (χ0v) is 15.5. The van der Waals surface area contributed by atoms with Gasteiger partial charge in [0.1, 0.15) is 5.75 Å². The molecule has 1 atom stereocenters. The van der Waals surface area contributed by atoms with Gasteiger partial charge in [0, 0.05) is 29.4 Å². The van der Waals surface area contributed by atoms with Crippen molar-refractivity contribution in [2.75, 3.05) is 18.6 Å². The highest BCUT2D eigenvalue weighted by atomic mass is 35.5. The highest BCUT2D eigenvalue weighted by Gasteiger charge is 2.35. The van der Waals surface area contributed by atoms with E-state index in [0.29, 0.717) is 12.5 Å². The predicted octanol–water partition coefficient (Wildman–Crippen LogP) is 4.80. The molecule has 3 nitrogen and oxygen atoms in total. The van der Waals surface area contributed by atoms with Gasteiger partial charge in [-0.3, -0.25) is 0 Å². The molecule has 0 aliphatic carbocycles. The monoisotopic (exact) mass is 344 g/mol. The summed E-state index contributed by atoms with van der Waals surface area (Å²) >= 11 is 6.21. The largest absolute Gasteiger partial charge is 0.496 e. The molecule has 0 saturated carbocycles. The maximum absolute atomic E-state index is 6.21. The molecule has 1 heterocycles. The van der Waals surface area contributed by atoms with Crippen LogP contribution in [0.15, 0.2) is 30.3 Å². The third kappa shape index (κ3) is 2.76. The van der Waals surface area contributed by atoms with Crippen LogP contribution in [0.4, 0.5) is 5.69 Å². The summed E-state index contributed by atoms with van der Waals surface area (Å²) in [5, 5.41) is 0.748. The second-order valence-electron chi connectivity index (χ2n) is 6.72. The molecule has 0 saturated heterocycles. The maximum Gasteiger partial charge on any atom is 0.122 e. The molecule has 0 aromatic heterocycles. The van der Waals surface area contributed by atoms with Gasteiger partial charge in [-0.2, -0.15) is 0 Å². The van der Waals surface area contributed by atoms with Gasteiger partial charge >= 0.3 is 0 Å². The molecular formula is C20H25ClN2O. The van der Waals surface area contributed by atoms with Crippen LogP contribution in [0.25, 0.3) is 0 Å². The number of anilines is 1. The number of ether oxygens (including phenoxy) is 1. The number of aryl methyl sites for hydroxylation is 1. The smallest absolute Gasteiger partial charge is 0.122 e. The molecule has 2 aromatic rings. The minimum atomic E-state index is 0.143. The summed E-state index contributed by atoms with van der Waals surface area (Å²) in [5.41, 5.74) is 12.6. The Balaban J connectivity index is 2.18. The van der Waals surface area contributed by atoms with Gasteiger partial charge in [-0.15, -0.1) is 0 Å². The van der Waals surface area contributed by atoms with Crippen LogP contribution in [-0.2, 0) is 6.54 Å². The summed E-state index contributed by atoms with van der Waals surface area (Å²) in [6.07, 6.45) is 0. The van der Waals surface area contributed by atoms with Crippen LogP contribution in [0.1, 0.15) is 48.1 Å². The van der Waals surface area contributed by atoms with E-state index in [4.69, 9.17) is 22.1 Å². The molecule has 1 aliphatic rings. The lowest BCUT2D eigenvalue weighted by Crippen LogP contribution is -2.28. The quantitative estimate of drug-likeness (QED) is 0.865. The van der Waals surface area contributed by atoms with E-state index in [9.17, 15) is 0 Å². The van der Waals surface area contributed by atoms with Gasteiger partial charge in [-0.05, 0) is 53.8 Å². The van der Waals surface area contributed by atoms with E-state index in [-0.39, 0.29) is 6.04 Å². The summed E-state index contributed by atoms with van der Waals surface area (Å²) < 4.78 is 5.69. The van der Waals surface area contributed by atoms with Crippen LogP contribution in [0, 0.1) is 6.92 Å². The Morgan fingerprint density at radius 2 is 2.08 bits per heavy atom. The van der Waals surface area contributed by atoms with Crippen molar-refractivity contribution in [3.8, 4) is 5.75 Å². The Labute approximate surface area is 149 Å². The van der Waals surface area contributed by atoms with E-state index >= 15 is 0 Å². The van der Waals surface area contributed by atoms with Crippen molar-refractivity contribution in [3.05, 3.63) is 57.6 Å². The lowest BCUT2D eigenvalue weighted by molar-refractivity contribution is 0.406. The van der Waals surface area contributed by atoms with Crippen molar-refractivity contribution >= 4 is 17.3 Å². The van der Waals surface area contributed by atoms with Crippen molar-refractivity contribution in [2.45, 2.75) is 39.3 Å². The Hall–Kier alpha value is -1.71. The zero-order valence-electron chi connectivity index (χ0n) is 14.8. The van der Waals surface area contributed by atoms with Gasteiger partial charge in [0.15, 0.2) is 0 Å². The van der Waals surface area contributed by atoms with E-state index < -0.39 is 0 Å². The number of rotatable bonds is 4. The molecule has 24 heavy (non-hydrogen) atoms. The van der Waals surface area contributed by atoms with Crippen LogP contribution in [0.3, 0.4) is 0 Å². The maximum atomic E-state index is 6.21. The topological polar surface area (TPSA) is 38.5 Å². The number of methoxy groups -OCH3 is 1. The van der Waals surface area contributed by atoms with Gasteiger partial charge in [0.2, 0.25) is 0 Å². The SMILES string of the molecule is COc1cc(C)c2c(c1C(C)C)C(CN)N(c1cccc(Cl)c1)C2. The Morgan fingerprint density at radius 3 is 2.67 bits per heavy atom. The fraction of sp³-hybridized carbons (Fsp3) is 0.400. The molecule has 4 heteroatoms.